The summed E-state index contributed by atoms with van der Waals surface area (Å²) in [4.78, 5) is 12.9. The fraction of sp³-hybridized carbons (Fsp3) is 0.316. The van der Waals surface area contributed by atoms with Crippen LogP contribution in [0, 0.1) is 0 Å². The number of anilines is 1. The second-order valence-corrected chi connectivity index (χ2v) is 6.17. The monoisotopic (exact) mass is 341 g/mol. The molecule has 1 aliphatic heterocycles. The van der Waals surface area contributed by atoms with E-state index in [4.69, 9.17) is 18.9 Å². The van der Waals surface area contributed by atoms with E-state index in [0.717, 1.165) is 24.2 Å². The third-order valence-corrected chi connectivity index (χ3v) is 4.75. The van der Waals surface area contributed by atoms with Crippen molar-refractivity contribution in [3.05, 3.63) is 42.0 Å². The van der Waals surface area contributed by atoms with Crippen LogP contribution in [0.15, 0.2) is 36.4 Å². The molecule has 4 rings (SSSR count). The van der Waals surface area contributed by atoms with Gasteiger partial charge in [0.1, 0.15) is 0 Å². The molecule has 130 valence electrons. The minimum atomic E-state index is -0.506. The first kappa shape index (κ1) is 15.6. The maximum atomic E-state index is 12.9. The highest BCUT2D eigenvalue weighted by atomic mass is 16.7. The van der Waals surface area contributed by atoms with Crippen LogP contribution in [0.1, 0.15) is 18.4 Å². The zero-order valence-electron chi connectivity index (χ0n) is 14.1. The summed E-state index contributed by atoms with van der Waals surface area (Å²) in [5.74, 6) is 2.59. The summed E-state index contributed by atoms with van der Waals surface area (Å²) in [7, 11) is 3.15. The van der Waals surface area contributed by atoms with Crippen LogP contribution in [0.2, 0.25) is 0 Å². The molecule has 0 bridgehead atoms. The standard InChI is InChI=1S/C19H19NO5/c1-22-14-6-4-13(10-16(14)23-2)20-18(21)19(7-8-19)12-3-5-15-17(9-12)25-11-24-15/h3-6,9-10H,7-8,11H2,1-2H3,(H,20,21). The number of hydrogen-bond acceptors (Lipinski definition) is 5. The number of fused-ring (bicyclic) bond motifs is 1. The number of amides is 1. The van der Waals surface area contributed by atoms with Crippen molar-refractivity contribution in [2.75, 3.05) is 26.3 Å². The normalized spacial score (nSPS) is 16.2. The molecule has 0 unspecified atom stereocenters. The predicted molar refractivity (Wildman–Crippen MR) is 91.7 cm³/mol. The molecule has 1 aliphatic carbocycles. The van der Waals surface area contributed by atoms with E-state index in [-0.39, 0.29) is 12.7 Å². The third-order valence-electron chi connectivity index (χ3n) is 4.75. The molecule has 1 heterocycles. The van der Waals surface area contributed by atoms with Crippen molar-refractivity contribution in [3.8, 4) is 23.0 Å². The minimum absolute atomic E-state index is 0.0291. The molecule has 0 atom stereocenters. The Morgan fingerprint density at radius 3 is 2.48 bits per heavy atom. The summed E-state index contributed by atoms with van der Waals surface area (Å²) in [6.07, 6.45) is 1.62. The van der Waals surface area contributed by atoms with Gasteiger partial charge in [0.15, 0.2) is 23.0 Å². The van der Waals surface area contributed by atoms with Crippen molar-refractivity contribution in [1.82, 2.24) is 0 Å². The molecular formula is C19H19NO5. The number of carbonyl (C=O) groups excluding carboxylic acids is 1. The van der Waals surface area contributed by atoms with Crippen LogP contribution in [-0.2, 0) is 10.2 Å². The molecule has 0 aromatic heterocycles. The first-order chi connectivity index (χ1) is 12.2. The molecule has 1 saturated carbocycles. The van der Waals surface area contributed by atoms with Crippen LogP contribution in [-0.4, -0.2) is 26.9 Å². The average Bonchev–Trinajstić information content (AvgIpc) is 3.32. The van der Waals surface area contributed by atoms with Crippen molar-refractivity contribution >= 4 is 11.6 Å². The molecule has 2 aromatic rings. The van der Waals surface area contributed by atoms with Crippen molar-refractivity contribution < 1.29 is 23.7 Å². The van der Waals surface area contributed by atoms with Gasteiger partial charge in [0.2, 0.25) is 12.7 Å². The van der Waals surface area contributed by atoms with Gasteiger partial charge in [-0.25, -0.2) is 0 Å². The zero-order valence-corrected chi connectivity index (χ0v) is 14.1. The molecule has 0 radical (unpaired) electrons. The van der Waals surface area contributed by atoms with Gasteiger partial charge in [0, 0.05) is 11.8 Å². The van der Waals surface area contributed by atoms with Crippen molar-refractivity contribution in [2.24, 2.45) is 0 Å². The van der Waals surface area contributed by atoms with E-state index < -0.39 is 5.41 Å². The molecular weight excluding hydrogens is 322 g/mol. The highest BCUT2D eigenvalue weighted by molar-refractivity contribution is 6.01. The van der Waals surface area contributed by atoms with Crippen LogP contribution in [0.4, 0.5) is 5.69 Å². The number of ether oxygens (including phenoxy) is 4. The predicted octanol–water partition coefficient (Wildman–Crippen LogP) is 3.10. The Labute approximate surface area is 145 Å². The van der Waals surface area contributed by atoms with E-state index in [0.29, 0.717) is 22.9 Å². The summed E-state index contributed by atoms with van der Waals surface area (Å²) < 4.78 is 21.3. The van der Waals surface area contributed by atoms with Gasteiger partial charge in [-0.2, -0.15) is 0 Å². The zero-order chi connectivity index (χ0) is 17.4. The van der Waals surface area contributed by atoms with Crippen molar-refractivity contribution in [1.29, 1.82) is 0 Å². The summed E-state index contributed by atoms with van der Waals surface area (Å²) >= 11 is 0. The first-order valence-electron chi connectivity index (χ1n) is 8.10. The molecule has 1 fully saturated rings. The summed E-state index contributed by atoms with van der Waals surface area (Å²) in [6.45, 7) is 0.226. The highest BCUT2D eigenvalue weighted by Crippen LogP contribution is 2.51. The molecule has 25 heavy (non-hydrogen) atoms. The van der Waals surface area contributed by atoms with E-state index in [1.807, 2.05) is 18.2 Å². The van der Waals surface area contributed by atoms with Gasteiger partial charge in [-0.15, -0.1) is 0 Å². The summed E-state index contributed by atoms with van der Waals surface area (Å²) in [6, 6.07) is 11.0. The Bertz CT molecular complexity index is 829. The van der Waals surface area contributed by atoms with E-state index >= 15 is 0 Å². The second kappa shape index (κ2) is 5.88. The Morgan fingerprint density at radius 1 is 1.00 bits per heavy atom. The van der Waals surface area contributed by atoms with Gasteiger partial charge in [-0.05, 0) is 42.7 Å². The van der Waals surface area contributed by atoms with E-state index in [1.165, 1.54) is 0 Å². The Kier molecular flexibility index (Phi) is 3.67. The Hall–Kier alpha value is -2.89. The second-order valence-electron chi connectivity index (χ2n) is 6.17. The summed E-state index contributed by atoms with van der Waals surface area (Å²) in [5, 5.41) is 2.99. The number of hydrogen-bond donors (Lipinski definition) is 1. The van der Waals surface area contributed by atoms with Gasteiger partial charge in [-0.1, -0.05) is 6.07 Å². The van der Waals surface area contributed by atoms with Crippen LogP contribution in [0.3, 0.4) is 0 Å². The van der Waals surface area contributed by atoms with Gasteiger partial charge < -0.3 is 24.3 Å². The lowest BCUT2D eigenvalue weighted by molar-refractivity contribution is -0.118. The smallest absolute Gasteiger partial charge is 0.235 e. The lowest BCUT2D eigenvalue weighted by Gasteiger charge is -2.17. The maximum Gasteiger partial charge on any atom is 0.235 e. The summed E-state index contributed by atoms with van der Waals surface area (Å²) in [5.41, 5.74) is 1.12. The van der Waals surface area contributed by atoms with E-state index in [9.17, 15) is 4.79 Å². The number of nitrogens with one attached hydrogen (secondary N) is 1. The molecule has 2 aliphatic rings. The largest absolute Gasteiger partial charge is 0.493 e. The molecule has 0 saturated heterocycles. The van der Waals surface area contributed by atoms with Crippen LogP contribution in [0.5, 0.6) is 23.0 Å². The van der Waals surface area contributed by atoms with Crippen LogP contribution < -0.4 is 24.3 Å². The SMILES string of the molecule is COc1ccc(NC(=O)C2(c3ccc4c(c3)OCO4)CC2)cc1OC. The fourth-order valence-electron chi connectivity index (χ4n) is 3.13. The molecule has 6 heteroatoms. The average molecular weight is 341 g/mol. The van der Waals surface area contributed by atoms with Crippen molar-refractivity contribution in [3.63, 3.8) is 0 Å². The van der Waals surface area contributed by atoms with Gasteiger partial charge >= 0.3 is 0 Å². The Morgan fingerprint density at radius 2 is 1.76 bits per heavy atom. The number of methoxy groups -OCH3 is 2. The Balaban J connectivity index is 1.57. The number of carbonyl (C=O) groups is 1. The molecule has 0 spiro atoms. The molecule has 1 N–H and O–H groups in total. The van der Waals surface area contributed by atoms with Crippen molar-refractivity contribution in [2.45, 2.75) is 18.3 Å². The van der Waals surface area contributed by atoms with E-state index in [1.54, 1.807) is 32.4 Å². The highest BCUT2D eigenvalue weighted by Gasteiger charge is 2.51. The third kappa shape index (κ3) is 2.63. The number of rotatable bonds is 5. The molecule has 6 nitrogen and oxygen atoms in total. The van der Waals surface area contributed by atoms with Gasteiger partial charge in [0.05, 0.1) is 19.6 Å². The molecule has 2 aromatic carbocycles. The lowest BCUT2D eigenvalue weighted by atomic mass is 9.94. The topological polar surface area (TPSA) is 66.0 Å². The minimum Gasteiger partial charge on any atom is -0.493 e. The van der Waals surface area contributed by atoms with E-state index in [2.05, 4.69) is 5.32 Å². The van der Waals surface area contributed by atoms with Gasteiger partial charge in [-0.3, -0.25) is 4.79 Å². The quantitative estimate of drug-likeness (QED) is 0.905. The number of benzene rings is 2. The van der Waals surface area contributed by atoms with Crippen LogP contribution in [0.25, 0.3) is 0 Å². The first-order valence-corrected chi connectivity index (χ1v) is 8.10. The fourth-order valence-corrected chi connectivity index (χ4v) is 3.13. The lowest BCUT2D eigenvalue weighted by Crippen LogP contribution is -2.27. The molecule has 1 amide bonds. The van der Waals surface area contributed by atoms with Gasteiger partial charge in [0.25, 0.3) is 0 Å². The van der Waals surface area contributed by atoms with Crippen LogP contribution >= 0.6 is 0 Å². The maximum absolute atomic E-state index is 12.9.